The number of nitrogens with zero attached hydrogens (tertiary/aromatic N) is 1. The van der Waals surface area contributed by atoms with Gasteiger partial charge in [0.05, 0.1) is 0 Å². The first-order valence-electron chi connectivity index (χ1n) is 6.47. The maximum absolute atomic E-state index is 11.9. The number of esters is 1. The molecule has 0 bridgehead atoms. The van der Waals surface area contributed by atoms with Gasteiger partial charge in [0.2, 0.25) is 5.90 Å². The predicted octanol–water partition coefficient (Wildman–Crippen LogP) is 3.99. The molecule has 3 nitrogen and oxygen atoms in total. The van der Waals surface area contributed by atoms with Crippen LogP contribution in [0, 0.1) is 6.92 Å². The number of hydrogen-bond donors (Lipinski definition) is 0. The standard InChI is InChI=1S/C17H12ClNO2/c1-11-5-2-3-8-14(11)16-19-15(17(20)21-16)10-12-6-4-7-13(18)9-12/h2-10H,1H3. The molecule has 0 spiro atoms. The first-order valence-corrected chi connectivity index (χ1v) is 6.85. The zero-order valence-corrected chi connectivity index (χ0v) is 12.1. The Bertz CT molecular complexity index is 778. The number of ether oxygens (including phenoxy) is 1. The fraction of sp³-hybridized carbons (Fsp3) is 0.0588. The minimum absolute atomic E-state index is 0.274. The molecule has 2 aromatic carbocycles. The van der Waals surface area contributed by atoms with E-state index < -0.39 is 5.97 Å². The van der Waals surface area contributed by atoms with Crippen molar-refractivity contribution >= 4 is 29.5 Å². The van der Waals surface area contributed by atoms with Gasteiger partial charge >= 0.3 is 5.97 Å². The number of benzene rings is 2. The molecule has 2 aromatic rings. The molecule has 0 saturated heterocycles. The molecular formula is C17H12ClNO2. The third-order valence-corrected chi connectivity index (χ3v) is 3.38. The van der Waals surface area contributed by atoms with Crippen molar-refractivity contribution in [3.8, 4) is 0 Å². The van der Waals surface area contributed by atoms with Crippen LogP contribution in [0.3, 0.4) is 0 Å². The van der Waals surface area contributed by atoms with E-state index >= 15 is 0 Å². The highest BCUT2D eigenvalue weighted by molar-refractivity contribution is 6.30. The van der Waals surface area contributed by atoms with Crippen LogP contribution in [0.1, 0.15) is 16.7 Å². The van der Waals surface area contributed by atoms with E-state index in [0.717, 1.165) is 16.7 Å². The third kappa shape index (κ3) is 2.88. The molecule has 1 aliphatic heterocycles. The average Bonchev–Trinajstić information content (AvgIpc) is 2.80. The molecule has 0 amide bonds. The molecule has 104 valence electrons. The lowest BCUT2D eigenvalue weighted by Gasteiger charge is -2.02. The first-order chi connectivity index (χ1) is 10.1. The number of aryl methyl sites for hydroxylation is 1. The second kappa shape index (κ2) is 5.54. The summed E-state index contributed by atoms with van der Waals surface area (Å²) in [5, 5.41) is 0.610. The Morgan fingerprint density at radius 1 is 1.14 bits per heavy atom. The van der Waals surface area contributed by atoms with Crippen molar-refractivity contribution in [3.05, 3.63) is 75.9 Å². The van der Waals surface area contributed by atoms with Crippen LogP contribution in [0.25, 0.3) is 6.08 Å². The van der Waals surface area contributed by atoms with Crippen LogP contribution in [0.4, 0.5) is 0 Å². The molecular weight excluding hydrogens is 286 g/mol. The van der Waals surface area contributed by atoms with Gasteiger partial charge in [0.15, 0.2) is 5.70 Å². The lowest BCUT2D eigenvalue weighted by atomic mass is 10.1. The van der Waals surface area contributed by atoms with E-state index in [9.17, 15) is 4.79 Å². The topological polar surface area (TPSA) is 38.7 Å². The SMILES string of the molecule is Cc1ccccc1C1=NC(=Cc2cccc(Cl)c2)C(=O)O1. The molecule has 0 N–H and O–H groups in total. The van der Waals surface area contributed by atoms with E-state index in [4.69, 9.17) is 16.3 Å². The Balaban J connectivity index is 1.98. The predicted molar refractivity (Wildman–Crippen MR) is 83.2 cm³/mol. The highest BCUT2D eigenvalue weighted by atomic mass is 35.5. The number of carbonyl (C=O) groups is 1. The van der Waals surface area contributed by atoms with Gasteiger partial charge in [-0.15, -0.1) is 0 Å². The Hall–Kier alpha value is -2.39. The van der Waals surface area contributed by atoms with Gasteiger partial charge in [-0.25, -0.2) is 9.79 Å². The van der Waals surface area contributed by atoms with Crippen molar-refractivity contribution < 1.29 is 9.53 Å². The van der Waals surface area contributed by atoms with Gasteiger partial charge in [0.25, 0.3) is 0 Å². The summed E-state index contributed by atoms with van der Waals surface area (Å²) in [4.78, 5) is 16.2. The number of halogens is 1. The maximum atomic E-state index is 11.9. The minimum atomic E-state index is -0.451. The molecule has 0 aliphatic carbocycles. The van der Waals surface area contributed by atoms with E-state index in [0.29, 0.717) is 10.9 Å². The molecule has 1 aliphatic rings. The summed E-state index contributed by atoms with van der Waals surface area (Å²) in [7, 11) is 0. The van der Waals surface area contributed by atoms with Crippen LogP contribution in [0.15, 0.2) is 59.2 Å². The summed E-state index contributed by atoms with van der Waals surface area (Å²) >= 11 is 5.93. The van der Waals surface area contributed by atoms with Crippen LogP contribution < -0.4 is 0 Å². The summed E-state index contributed by atoms with van der Waals surface area (Å²) in [5.41, 5.74) is 2.91. The number of cyclic esters (lactones) is 1. The first kappa shape index (κ1) is 13.6. The largest absolute Gasteiger partial charge is 0.402 e. The number of rotatable bonds is 2. The number of hydrogen-bond acceptors (Lipinski definition) is 3. The lowest BCUT2D eigenvalue weighted by Crippen LogP contribution is -2.06. The van der Waals surface area contributed by atoms with E-state index in [-0.39, 0.29) is 5.70 Å². The van der Waals surface area contributed by atoms with Gasteiger partial charge in [0.1, 0.15) is 0 Å². The summed E-state index contributed by atoms with van der Waals surface area (Å²) in [5.74, 6) is -0.111. The van der Waals surface area contributed by atoms with Gasteiger partial charge in [-0.1, -0.05) is 41.9 Å². The van der Waals surface area contributed by atoms with Crippen molar-refractivity contribution in [2.75, 3.05) is 0 Å². The van der Waals surface area contributed by atoms with Crippen molar-refractivity contribution in [2.24, 2.45) is 4.99 Å². The zero-order valence-electron chi connectivity index (χ0n) is 11.3. The van der Waals surface area contributed by atoms with Gasteiger partial charge in [-0.3, -0.25) is 0 Å². The van der Waals surface area contributed by atoms with Gasteiger partial charge in [-0.2, -0.15) is 0 Å². The molecule has 3 rings (SSSR count). The van der Waals surface area contributed by atoms with Crippen LogP contribution in [-0.4, -0.2) is 11.9 Å². The van der Waals surface area contributed by atoms with Crippen LogP contribution in [-0.2, 0) is 9.53 Å². The molecule has 0 aromatic heterocycles. The monoisotopic (exact) mass is 297 g/mol. The molecule has 0 radical (unpaired) electrons. The third-order valence-electron chi connectivity index (χ3n) is 3.15. The molecule has 1 heterocycles. The van der Waals surface area contributed by atoms with Crippen molar-refractivity contribution in [3.63, 3.8) is 0 Å². The van der Waals surface area contributed by atoms with Crippen molar-refractivity contribution in [1.82, 2.24) is 0 Å². The molecule has 0 atom stereocenters. The average molecular weight is 298 g/mol. The fourth-order valence-electron chi connectivity index (χ4n) is 2.09. The Labute approximate surface area is 127 Å². The van der Waals surface area contributed by atoms with E-state index in [1.807, 2.05) is 43.3 Å². The number of carbonyl (C=O) groups excluding carboxylic acids is 1. The summed E-state index contributed by atoms with van der Waals surface area (Å²) in [6.07, 6.45) is 1.67. The second-order valence-corrected chi connectivity index (χ2v) is 5.14. The summed E-state index contributed by atoms with van der Waals surface area (Å²) < 4.78 is 5.25. The normalized spacial score (nSPS) is 16.0. The molecule has 0 saturated carbocycles. The maximum Gasteiger partial charge on any atom is 0.363 e. The van der Waals surface area contributed by atoms with Crippen LogP contribution in [0.2, 0.25) is 5.02 Å². The van der Waals surface area contributed by atoms with Crippen molar-refractivity contribution in [2.45, 2.75) is 6.92 Å². The Kier molecular flexibility index (Phi) is 3.59. The van der Waals surface area contributed by atoms with Crippen LogP contribution in [0.5, 0.6) is 0 Å². The smallest absolute Gasteiger partial charge is 0.363 e. The fourth-order valence-corrected chi connectivity index (χ4v) is 2.29. The van der Waals surface area contributed by atoms with Gasteiger partial charge < -0.3 is 4.74 Å². The van der Waals surface area contributed by atoms with E-state index in [2.05, 4.69) is 4.99 Å². The van der Waals surface area contributed by atoms with Crippen molar-refractivity contribution in [1.29, 1.82) is 0 Å². The van der Waals surface area contributed by atoms with E-state index in [1.54, 1.807) is 18.2 Å². The Morgan fingerprint density at radius 2 is 1.95 bits per heavy atom. The zero-order chi connectivity index (χ0) is 14.8. The molecule has 0 unspecified atom stereocenters. The molecule has 21 heavy (non-hydrogen) atoms. The van der Waals surface area contributed by atoms with Crippen LogP contribution >= 0.6 is 11.6 Å². The quantitative estimate of drug-likeness (QED) is 0.621. The highest BCUT2D eigenvalue weighted by Crippen LogP contribution is 2.21. The van der Waals surface area contributed by atoms with E-state index in [1.165, 1.54) is 0 Å². The Morgan fingerprint density at radius 3 is 2.71 bits per heavy atom. The second-order valence-electron chi connectivity index (χ2n) is 4.71. The summed E-state index contributed by atoms with van der Waals surface area (Å²) in [6, 6.07) is 14.9. The minimum Gasteiger partial charge on any atom is -0.402 e. The number of aliphatic imine (C=N–C) groups is 1. The highest BCUT2D eigenvalue weighted by Gasteiger charge is 2.24. The molecule has 4 heteroatoms. The van der Waals surface area contributed by atoms with Gasteiger partial charge in [0, 0.05) is 10.6 Å². The molecule has 0 fully saturated rings. The van der Waals surface area contributed by atoms with Gasteiger partial charge in [-0.05, 0) is 42.3 Å². The summed E-state index contributed by atoms with van der Waals surface area (Å²) in [6.45, 7) is 1.95. The lowest BCUT2D eigenvalue weighted by molar-refractivity contribution is -0.129.